The smallest absolute Gasteiger partial charge is 0.250 e. The Balaban J connectivity index is 1.98. The first-order valence-corrected chi connectivity index (χ1v) is 8.48. The number of anilines is 2. The van der Waals surface area contributed by atoms with Crippen molar-refractivity contribution in [3.8, 4) is 6.07 Å². The SMILES string of the molecule is CC(Nc1cccc(NC(=O)CO)c1)C(=O)NC1(C#N)CCCCC1. The van der Waals surface area contributed by atoms with Gasteiger partial charge in [0, 0.05) is 11.4 Å². The molecule has 1 aromatic rings. The van der Waals surface area contributed by atoms with E-state index in [2.05, 4.69) is 22.0 Å². The first-order valence-electron chi connectivity index (χ1n) is 8.48. The highest BCUT2D eigenvalue weighted by Gasteiger charge is 2.34. The first kappa shape index (κ1) is 18.7. The van der Waals surface area contributed by atoms with Crippen LogP contribution in [-0.4, -0.2) is 35.1 Å². The van der Waals surface area contributed by atoms with Gasteiger partial charge in [-0.05, 0) is 38.0 Å². The van der Waals surface area contributed by atoms with Crippen LogP contribution in [0.4, 0.5) is 11.4 Å². The van der Waals surface area contributed by atoms with Gasteiger partial charge in [0.1, 0.15) is 18.2 Å². The zero-order valence-corrected chi connectivity index (χ0v) is 14.3. The van der Waals surface area contributed by atoms with Crippen molar-refractivity contribution in [3.63, 3.8) is 0 Å². The minimum Gasteiger partial charge on any atom is -0.387 e. The molecule has 0 bridgehead atoms. The summed E-state index contributed by atoms with van der Waals surface area (Å²) < 4.78 is 0. The van der Waals surface area contributed by atoms with Crippen molar-refractivity contribution in [2.75, 3.05) is 17.2 Å². The summed E-state index contributed by atoms with van der Waals surface area (Å²) in [5.41, 5.74) is 0.424. The number of nitrogens with zero attached hydrogens (tertiary/aromatic N) is 1. The van der Waals surface area contributed by atoms with Gasteiger partial charge in [0.2, 0.25) is 11.8 Å². The van der Waals surface area contributed by atoms with Gasteiger partial charge in [0.25, 0.3) is 0 Å². The fourth-order valence-corrected chi connectivity index (χ4v) is 2.97. The van der Waals surface area contributed by atoms with Gasteiger partial charge in [0.15, 0.2) is 0 Å². The molecule has 7 nitrogen and oxygen atoms in total. The Bertz CT molecular complexity index is 663. The Hall–Kier alpha value is -2.59. The molecule has 0 saturated heterocycles. The second-order valence-electron chi connectivity index (χ2n) is 6.40. The van der Waals surface area contributed by atoms with Crippen molar-refractivity contribution >= 4 is 23.2 Å². The normalized spacial score (nSPS) is 17.0. The Morgan fingerprint density at radius 2 is 1.96 bits per heavy atom. The second kappa shape index (κ2) is 8.49. The van der Waals surface area contributed by atoms with Gasteiger partial charge in [0.05, 0.1) is 6.07 Å². The molecule has 1 fully saturated rings. The van der Waals surface area contributed by atoms with Crippen LogP contribution in [0, 0.1) is 11.3 Å². The van der Waals surface area contributed by atoms with Crippen LogP contribution in [0.5, 0.6) is 0 Å². The number of hydrogen-bond donors (Lipinski definition) is 4. The van der Waals surface area contributed by atoms with Crippen molar-refractivity contribution in [1.82, 2.24) is 5.32 Å². The van der Waals surface area contributed by atoms with Crippen LogP contribution in [0.15, 0.2) is 24.3 Å². The number of rotatable bonds is 6. The number of carbonyl (C=O) groups excluding carboxylic acids is 2. The predicted octanol–water partition coefficient (Wildman–Crippen LogP) is 1.76. The largest absolute Gasteiger partial charge is 0.387 e. The van der Waals surface area contributed by atoms with E-state index in [0.717, 1.165) is 19.3 Å². The average Bonchev–Trinajstić information content (AvgIpc) is 2.62. The number of nitriles is 1. The van der Waals surface area contributed by atoms with Crippen LogP contribution in [0.3, 0.4) is 0 Å². The fourth-order valence-electron chi connectivity index (χ4n) is 2.97. The van der Waals surface area contributed by atoms with Gasteiger partial charge in [-0.1, -0.05) is 25.3 Å². The lowest BCUT2D eigenvalue weighted by Gasteiger charge is -2.32. The number of aliphatic hydroxyl groups excluding tert-OH is 1. The van der Waals surface area contributed by atoms with E-state index in [1.54, 1.807) is 31.2 Å². The van der Waals surface area contributed by atoms with Gasteiger partial charge in [-0.15, -0.1) is 0 Å². The number of nitrogens with one attached hydrogen (secondary N) is 3. The van der Waals surface area contributed by atoms with Crippen LogP contribution >= 0.6 is 0 Å². The molecule has 2 amide bonds. The van der Waals surface area contributed by atoms with Crippen molar-refractivity contribution in [2.24, 2.45) is 0 Å². The van der Waals surface area contributed by atoms with Crippen LogP contribution < -0.4 is 16.0 Å². The molecule has 0 aliphatic heterocycles. The maximum atomic E-state index is 12.5. The Morgan fingerprint density at radius 3 is 2.60 bits per heavy atom. The second-order valence-corrected chi connectivity index (χ2v) is 6.40. The van der Waals surface area contributed by atoms with Gasteiger partial charge in [-0.3, -0.25) is 9.59 Å². The topological polar surface area (TPSA) is 114 Å². The zero-order valence-electron chi connectivity index (χ0n) is 14.3. The minimum absolute atomic E-state index is 0.228. The zero-order chi connectivity index (χ0) is 18.3. The molecule has 0 heterocycles. The molecule has 0 spiro atoms. The third kappa shape index (κ3) is 5.19. The highest BCUT2D eigenvalue weighted by molar-refractivity contribution is 5.92. The van der Waals surface area contributed by atoms with Crippen LogP contribution in [0.25, 0.3) is 0 Å². The van der Waals surface area contributed by atoms with Crippen molar-refractivity contribution < 1.29 is 14.7 Å². The first-order chi connectivity index (χ1) is 12.0. The lowest BCUT2D eigenvalue weighted by atomic mass is 9.82. The predicted molar refractivity (Wildman–Crippen MR) is 94.8 cm³/mol. The van der Waals surface area contributed by atoms with E-state index in [-0.39, 0.29) is 5.91 Å². The van der Waals surface area contributed by atoms with Crippen LogP contribution in [0.2, 0.25) is 0 Å². The summed E-state index contributed by atoms with van der Waals surface area (Å²) in [7, 11) is 0. The molecule has 7 heteroatoms. The summed E-state index contributed by atoms with van der Waals surface area (Å²) >= 11 is 0. The molecule has 2 rings (SSSR count). The fraction of sp³-hybridized carbons (Fsp3) is 0.500. The standard InChI is InChI=1S/C18H24N4O3/c1-13(17(25)22-18(12-19)8-3-2-4-9-18)20-14-6-5-7-15(10-14)21-16(24)11-23/h5-7,10,13,20,23H,2-4,8-9,11H2,1H3,(H,21,24)(H,22,25). The molecule has 1 saturated carbocycles. The molecule has 1 unspecified atom stereocenters. The van der Waals surface area contributed by atoms with Crippen molar-refractivity contribution in [3.05, 3.63) is 24.3 Å². The van der Waals surface area contributed by atoms with Crippen LogP contribution in [-0.2, 0) is 9.59 Å². The highest BCUT2D eigenvalue weighted by atomic mass is 16.3. The number of amides is 2. The van der Waals surface area contributed by atoms with E-state index in [1.807, 2.05) is 0 Å². The molecule has 0 radical (unpaired) electrons. The third-order valence-electron chi connectivity index (χ3n) is 4.35. The molecule has 1 aromatic carbocycles. The molecule has 1 atom stereocenters. The minimum atomic E-state index is -0.762. The van der Waals surface area contributed by atoms with Gasteiger partial charge >= 0.3 is 0 Å². The number of benzene rings is 1. The quantitative estimate of drug-likeness (QED) is 0.628. The number of carbonyl (C=O) groups is 2. The van der Waals surface area contributed by atoms with E-state index < -0.39 is 24.1 Å². The Kier molecular flexibility index (Phi) is 6.37. The molecule has 25 heavy (non-hydrogen) atoms. The van der Waals surface area contributed by atoms with E-state index in [0.29, 0.717) is 24.2 Å². The third-order valence-corrected chi connectivity index (χ3v) is 4.35. The molecule has 0 aromatic heterocycles. The molecular weight excluding hydrogens is 320 g/mol. The lowest BCUT2D eigenvalue weighted by Crippen LogP contribution is -2.52. The van der Waals surface area contributed by atoms with E-state index in [1.165, 1.54) is 0 Å². The van der Waals surface area contributed by atoms with Gasteiger partial charge in [-0.2, -0.15) is 5.26 Å². The van der Waals surface area contributed by atoms with E-state index in [9.17, 15) is 14.9 Å². The maximum absolute atomic E-state index is 12.5. The maximum Gasteiger partial charge on any atom is 0.250 e. The number of aliphatic hydroxyl groups is 1. The molecule has 4 N–H and O–H groups in total. The summed E-state index contributed by atoms with van der Waals surface area (Å²) in [6, 6.07) is 8.62. The summed E-state index contributed by atoms with van der Waals surface area (Å²) in [4.78, 5) is 23.7. The lowest BCUT2D eigenvalue weighted by molar-refractivity contribution is -0.123. The van der Waals surface area contributed by atoms with Gasteiger partial charge < -0.3 is 21.1 Å². The summed E-state index contributed by atoms with van der Waals surface area (Å²) in [6.07, 6.45) is 4.36. The summed E-state index contributed by atoms with van der Waals surface area (Å²) in [5, 5.41) is 26.7. The Labute approximate surface area is 147 Å². The average molecular weight is 344 g/mol. The highest BCUT2D eigenvalue weighted by Crippen LogP contribution is 2.27. The Morgan fingerprint density at radius 1 is 1.28 bits per heavy atom. The van der Waals surface area contributed by atoms with E-state index >= 15 is 0 Å². The molecule has 1 aliphatic carbocycles. The number of hydrogen-bond acceptors (Lipinski definition) is 5. The van der Waals surface area contributed by atoms with Crippen molar-refractivity contribution in [2.45, 2.75) is 50.6 Å². The summed E-state index contributed by atoms with van der Waals surface area (Å²) in [5.74, 6) is -0.732. The molecule has 134 valence electrons. The monoisotopic (exact) mass is 344 g/mol. The molecule has 1 aliphatic rings. The van der Waals surface area contributed by atoms with Gasteiger partial charge in [-0.25, -0.2) is 0 Å². The van der Waals surface area contributed by atoms with E-state index in [4.69, 9.17) is 5.11 Å². The van der Waals surface area contributed by atoms with Crippen LogP contribution in [0.1, 0.15) is 39.0 Å². The molecular formula is C18H24N4O3. The summed E-state index contributed by atoms with van der Waals surface area (Å²) in [6.45, 7) is 1.13. The van der Waals surface area contributed by atoms with Crippen molar-refractivity contribution in [1.29, 1.82) is 5.26 Å².